The van der Waals surface area contributed by atoms with Gasteiger partial charge in [0.2, 0.25) is 0 Å². The van der Waals surface area contributed by atoms with Gasteiger partial charge < -0.3 is 9.47 Å². The minimum absolute atomic E-state index is 0.124. The third-order valence-electron chi connectivity index (χ3n) is 5.69. The normalized spacial score (nSPS) is 23.0. The molecule has 10 nitrogen and oxygen atoms in total. The van der Waals surface area contributed by atoms with Crippen LogP contribution in [0.15, 0.2) is 29.7 Å². The van der Waals surface area contributed by atoms with Crippen LogP contribution in [0.3, 0.4) is 0 Å². The molecule has 5 rings (SSSR count). The zero-order valence-electron chi connectivity index (χ0n) is 15.8. The van der Waals surface area contributed by atoms with Crippen LogP contribution in [0, 0.1) is 11.8 Å². The van der Waals surface area contributed by atoms with Crippen LogP contribution >= 0.6 is 0 Å². The molecule has 0 bridgehead atoms. The zero-order valence-corrected chi connectivity index (χ0v) is 16.6. The highest BCUT2D eigenvalue weighted by molar-refractivity contribution is 7.89. The first-order valence-corrected chi connectivity index (χ1v) is 10.8. The van der Waals surface area contributed by atoms with Gasteiger partial charge in [-0.3, -0.25) is 0 Å². The Balaban J connectivity index is 1.33. The largest absolute Gasteiger partial charge is 0.355 e. The Morgan fingerprint density at radius 3 is 2.50 bits per heavy atom. The SMILES string of the molecule is CCc1nnc2ccc(N3CC4CN(S(=O)(=O)c5cn(C)cn5)CC4C3)nn12. The second-order valence-electron chi connectivity index (χ2n) is 7.56. The summed E-state index contributed by atoms with van der Waals surface area (Å²) in [6, 6.07) is 3.90. The van der Waals surface area contributed by atoms with Crippen LogP contribution < -0.4 is 4.90 Å². The number of nitrogens with zero attached hydrogens (tertiary/aromatic N) is 8. The molecule has 3 aromatic heterocycles. The van der Waals surface area contributed by atoms with Gasteiger partial charge >= 0.3 is 0 Å². The molecule has 2 atom stereocenters. The summed E-state index contributed by atoms with van der Waals surface area (Å²) in [5.74, 6) is 2.31. The maximum Gasteiger partial charge on any atom is 0.262 e. The highest BCUT2D eigenvalue weighted by atomic mass is 32.2. The summed E-state index contributed by atoms with van der Waals surface area (Å²) in [5, 5.41) is 13.1. The minimum atomic E-state index is -3.53. The van der Waals surface area contributed by atoms with Gasteiger partial charge in [-0.1, -0.05) is 6.92 Å². The Bertz CT molecular complexity index is 1120. The van der Waals surface area contributed by atoms with Crippen molar-refractivity contribution in [3.05, 3.63) is 30.5 Å². The summed E-state index contributed by atoms with van der Waals surface area (Å²) in [6.45, 7) is 4.66. The van der Waals surface area contributed by atoms with Gasteiger partial charge in [-0.05, 0) is 24.0 Å². The van der Waals surface area contributed by atoms with E-state index in [0.29, 0.717) is 24.9 Å². The number of sulfonamides is 1. The van der Waals surface area contributed by atoms with Crippen LogP contribution in [0.4, 0.5) is 5.82 Å². The molecule has 0 N–H and O–H groups in total. The summed E-state index contributed by atoms with van der Waals surface area (Å²) < 4.78 is 30.7. The molecule has 0 aromatic carbocycles. The van der Waals surface area contributed by atoms with E-state index in [-0.39, 0.29) is 5.03 Å². The molecule has 0 aliphatic carbocycles. The topological polar surface area (TPSA) is 102 Å². The molecular weight excluding hydrogens is 380 g/mol. The van der Waals surface area contributed by atoms with E-state index in [1.54, 1.807) is 26.6 Å². The van der Waals surface area contributed by atoms with E-state index in [1.165, 1.54) is 6.33 Å². The molecular formula is C17H22N8O2S. The van der Waals surface area contributed by atoms with E-state index in [4.69, 9.17) is 5.10 Å². The standard InChI is InChI=1S/C17H22N8O2S/c1-3-14-19-20-15-4-5-16(21-25(14)15)23-6-12-8-24(9-13(12)7-23)28(26,27)17-10-22(2)11-18-17/h4-5,10-13H,3,6-9H2,1-2H3. The number of hydrogen-bond acceptors (Lipinski definition) is 7. The Labute approximate surface area is 162 Å². The molecule has 0 saturated carbocycles. The van der Waals surface area contributed by atoms with Crippen LogP contribution in [0.2, 0.25) is 0 Å². The Morgan fingerprint density at radius 1 is 1.11 bits per heavy atom. The van der Waals surface area contributed by atoms with E-state index in [0.717, 1.165) is 36.8 Å². The van der Waals surface area contributed by atoms with Gasteiger partial charge in [-0.25, -0.2) is 13.4 Å². The Morgan fingerprint density at radius 2 is 1.86 bits per heavy atom. The predicted molar refractivity (Wildman–Crippen MR) is 101 cm³/mol. The second kappa shape index (κ2) is 6.24. The summed E-state index contributed by atoms with van der Waals surface area (Å²) in [4.78, 5) is 6.26. The summed E-state index contributed by atoms with van der Waals surface area (Å²) in [7, 11) is -1.76. The molecule has 0 amide bonds. The fourth-order valence-electron chi connectivity index (χ4n) is 4.20. The molecule has 5 heterocycles. The van der Waals surface area contributed by atoms with E-state index < -0.39 is 10.0 Å². The minimum Gasteiger partial charge on any atom is -0.355 e. The van der Waals surface area contributed by atoms with Gasteiger partial charge in [-0.15, -0.1) is 15.3 Å². The molecule has 148 valence electrons. The van der Waals surface area contributed by atoms with Crippen molar-refractivity contribution in [3.8, 4) is 0 Å². The molecule has 3 aromatic rings. The number of fused-ring (bicyclic) bond motifs is 2. The van der Waals surface area contributed by atoms with Gasteiger partial charge in [0.1, 0.15) is 5.82 Å². The van der Waals surface area contributed by atoms with Crippen molar-refractivity contribution in [2.24, 2.45) is 18.9 Å². The summed E-state index contributed by atoms with van der Waals surface area (Å²) in [5.41, 5.74) is 0.743. The van der Waals surface area contributed by atoms with Crippen LogP contribution in [-0.2, 0) is 23.5 Å². The number of imidazole rings is 1. The lowest BCUT2D eigenvalue weighted by atomic mass is 10.0. The molecule has 2 unspecified atom stereocenters. The molecule has 2 aliphatic rings. The summed E-state index contributed by atoms with van der Waals surface area (Å²) >= 11 is 0. The van der Waals surface area contributed by atoms with Gasteiger partial charge in [0.05, 0.1) is 6.33 Å². The maximum absolute atomic E-state index is 12.8. The highest BCUT2D eigenvalue weighted by Gasteiger charge is 2.45. The zero-order chi connectivity index (χ0) is 19.5. The number of anilines is 1. The molecule has 2 fully saturated rings. The lowest BCUT2D eigenvalue weighted by molar-refractivity contribution is 0.450. The molecule has 2 saturated heterocycles. The van der Waals surface area contributed by atoms with Gasteiger partial charge in [0.25, 0.3) is 10.0 Å². The van der Waals surface area contributed by atoms with Gasteiger partial charge in [0.15, 0.2) is 16.5 Å². The monoisotopic (exact) mass is 402 g/mol. The number of rotatable bonds is 4. The van der Waals surface area contributed by atoms with Crippen LogP contribution in [0.25, 0.3) is 5.65 Å². The van der Waals surface area contributed by atoms with Crippen molar-refractivity contribution in [3.63, 3.8) is 0 Å². The first-order valence-electron chi connectivity index (χ1n) is 9.40. The van der Waals surface area contributed by atoms with Crippen molar-refractivity contribution >= 4 is 21.5 Å². The van der Waals surface area contributed by atoms with Crippen molar-refractivity contribution in [2.45, 2.75) is 18.4 Å². The van der Waals surface area contributed by atoms with Crippen molar-refractivity contribution in [1.29, 1.82) is 0 Å². The lowest BCUT2D eigenvalue weighted by Crippen LogP contribution is -2.33. The number of aromatic nitrogens is 6. The third-order valence-corrected chi connectivity index (χ3v) is 7.41. The number of aryl methyl sites for hydroxylation is 2. The maximum atomic E-state index is 12.8. The van der Waals surface area contributed by atoms with Gasteiger partial charge in [-0.2, -0.15) is 8.82 Å². The average molecular weight is 402 g/mol. The Kier molecular flexibility index (Phi) is 3.91. The Hall–Kier alpha value is -2.53. The highest BCUT2D eigenvalue weighted by Crippen LogP contribution is 2.35. The van der Waals surface area contributed by atoms with Gasteiger partial charge in [0, 0.05) is 45.8 Å². The number of hydrogen-bond donors (Lipinski definition) is 0. The van der Waals surface area contributed by atoms with Crippen molar-refractivity contribution in [2.75, 3.05) is 31.1 Å². The molecule has 0 radical (unpaired) electrons. The van der Waals surface area contributed by atoms with E-state index in [9.17, 15) is 8.42 Å². The van der Waals surface area contributed by atoms with Crippen LogP contribution in [-0.4, -0.2) is 68.3 Å². The molecule has 0 spiro atoms. The predicted octanol–water partition coefficient (Wildman–Crippen LogP) is 0.177. The summed E-state index contributed by atoms with van der Waals surface area (Å²) in [6.07, 6.45) is 3.84. The molecule has 11 heteroatoms. The second-order valence-corrected chi connectivity index (χ2v) is 9.44. The first kappa shape index (κ1) is 17.6. The van der Waals surface area contributed by atoms with Crippen LogP contribution in [0.1, 0.15) is 12.7 Å². The van der Waals surface area contributed by atoms with E-state index in [2.05, 4.69) is 20.1 Å². The fourth-order valence-corrected chi connectivity index (χ4v) is 5.72. The van der Waals surface area contributed by atoms with Crippen LogP contribution in [0.5, 0.6) is 0 Å². The van der Waals surface area contributed by atoms with Crippen molar-refractivity contribution < 1.29 is 8.42 Å². The molecule has 28 heavy (non-hydrogen) atoms. The average Bonchev–Trinajstić information content (AvgIpc) is 3.42. The first-order chi connectivity index (χ1) is 13.5. The van der Waals surface area contributed by atoms with E-state index in [1.807, 2.05) is 19.1 Å². The lowest BCUT2D eigenvalue weighted by Gasteiger charge is -2.21. The fraction of sp³-hybridized carbons (Fsp3) is 0.529. The van der Waals surface area contributed by atoms with Crippen molar-refractivity contribution in [1.82, 2.24) is 33.7 Å². The molecule has 2 aliphatic heterocycles. The smallest absolute Gasteiger partial charge is 0.262 e. The third kappa shape index (κ3) is 2.68. The quantitative estimate of drug-likeness (QED) is 0.613. The van der Waals surface area contributed by atoms with E-state index >= 15 is 0 Å².